The van der Waals surface area contributed by atoms with Gasteiger partial charge in [-0.25, -0.2) is 4.79 Å². The van der Waals surface area contributed by atoms with Crippen molar-refractivity contribution >= 4 is 11.7 Å². The Morgan fingerprint density at radius 2 is 1.71 bits per heavy atom. The maximum Gasteiger partial charge on any atom is 0.330 e. The van der Waals surface area contributed by atoms with Crippen molar-refractivity contribution in [2.24, 2.45) is 5.41 Å². The predicted molar refractivity (Wildman–Crippen MR) is 80.5 cm³/mol. The number of anilines is 1. The average Bonchev–Trinajstić information content (AvgIpc) is 2.47. The van der Waals surface area contributed by atoms with E-state index in [1.165, 1.54) is 0 Å². The Kier molecular flexibility index (Phi) is 4.49. The summed E-state index contributed by atoms with van der Waals surface area (Å²) >= 11 is 0. The fourth-order valence-electron chi connectivity index (χ4n) is 2.04. The molecule has 0 aliphatic carbocycles. The molecular formula is C16H21N3O2. The van der Waals surface area contributed by atoms with Gasteiger partial charge in [-0.1, -0.05) is 0 Å². The molecule has 0 amide bonds. The van der Waals surface area contributed by atoms with Crippen LogP contribution in [0.5, 0.6) is 0 Å². The number of rotatable bonds is 2. The van der Waals surface area contributed by atoms with Gasteiger partial charge in [-0.15, -0.1) is 5.06 Å². The number of nitrogens with zero attached hydrogens (tertiary/aromatic N) is 3. The molecule has 5 nitrogen and oxygen atoms in total. The van der Waals surface area contributed by atoms with E-state index in [0.29, 0.717) is 18.7 Å². The molecular weight excluding hydrogens is 266 g/mol. The Morgan fingerprint density at radius 3 is 2.19 bits per heavy atom. The first-order chi connectivity index (χ1) is 9.90. The van der Waals surface area contributed by atoms with Gasteiger partial charge in [0.2, 0.25) is 0 Å². The van der Waals surface area contributed by atoms with Crippen molar-refractivity contribution in [1.82, 2.24) is 5.06 Å². The summed E-state index contributed by atoms with van der Waals surface area (Å²) in [7, 11) is 0. The van der Waals surface area contributed by atoms with Gasteiger partial charge < -0.3 is 9.74 Å². The zero-order chi connectivity index (χ0) is 15.5. The molecule has 0 unspecified atom stereocenters. The van der Waals surface area contributed by atoms with E-state index >= 15 is 0 Å². The van der Waals surface area contributed by atoms with Gasteiger partial charge in [0.1, 0.15) is 0 Å². The molecule has 1 heterocycles. The van der Waals surface area contributed by atoms with Gasteiger partial charge in [-0.2, -0.15) is 5.26 Å². The number of hydrogen-bond acceptors (Lipinski definition) is 5. The zero-order valence-corrected chi connectivity index (χ0v) is 12.8. The highest BCUT2D eigenvalue weighted by molar-refractivity contribution is 5.75. The number of carbonyl (C=O) groups is 1. The molecule has 0 saturated carbocycles. The van der Waals surface area contributed by atoms with E-state index in [1.807, 2.05) is 45.0 Å². The monoisotopic (exact) mass is 287 g/mol. The molecule has 0 spiro atoms. The SMILES string of the molecule is CC(C)(C)C(=O)ON1CCN(c2ccc(C#N)cc2)CC1. The first kappa shape index (κ1) is 15.3. The Bertz CT molecular complexity index is 532. The van der Waals surface area contributed by atoms with Crippen molar-refractivity contribution in [3.8, 4) is 6.07 Å². The van der Waals surface area contributed by atoms with Gasteiger partial charge in [0.15, 0.2) is 0 Å². The summed E-state index contributed by atoms with van der Waals surface area (Å²) in [5.74, 6) is -0.200. The number of nitriles is 1. The molecule has 0 atom stereocenters. The number of piperazine rings is 1. The minimum atomic E-state index is -0.482. The second kappa shape index (κ2) is 6.15. The van der Waals surface area contributed by atoms with E-state index in [1.54, 1.807) is 5.06 Å². The largest absolute Gasteiger partial charge is 0.369 e. The summed E-state index contributed by atoms with van der Waals surface area (Å²) in [6.07, 6.45) is 0. The molecule has 2 rings (SSSR count). The fourth-order valence-corrected chi connectivity index (χ4v) is 2.04. The van der Waals surface area contributed by atoms with Gasteiger partial charge in [0, 0.05) is 18.8 Å². The minimum Gasteiger partial charge on any atom is -0.369 e. The van der Waals surface area contributed by atoms with E-state index < -0.39 is 5.41 Å². The first-order valence-corrected chi connectivity index (χ1v) is 7.12. The molecule has 21 heavy (non-hydrogen) atoms. The van der Waals surface area contributed by atoms with Crippen molar-refractivity contribution in [3.05, 3.63) is 29.8 Å². The van der Waals surface area contributed by atoms with E-state index in [0.717, 1.165) is 18.8 Å². The number of benzene rings is 1. The predicted octanol–water partition coefficient (Wildman–Crippen LogP) is 2.18. The van der Waals surface area contributed by atoms with Gasteiger partial charge in [-0.05, 0) is 45.0 Å². The van der Waals surface area contributed by atoms with E-state index in [2.05, 4.69) is 11.0 Å². The second-order valence-electron chi connectivity index (χ2n) is 6.20. The summed E-state index contributed by atoms with van der Waals surface area (Å²) < 4.78 is 0. The summed E-state index contributed by atoms with van der Waals surface area (Å²) in [6.45, 7) is 8.50. The fraction of sp³-hybridized carbons (Fsp3) is 0.500. The normalized spacial score (nSPS) is 16.4. The third-order valence-corrected chi connectivity index (χ3v) is 3.42. The van der Waals surface area contributed by atoms with Gasteiger partial charge in [0.25, 0.3) is 0 Å². The number of carbonyl (C=O) groups excluding carboxylic acids is 1. The molecule has 1 aliphatic rings. The van der Waals surface area contributed by atoms with Gasteiger partial charge in [0.05, 0.1) is 30.1 Å². The summed E-state index contributed by atoms with van der Waals surface area (Å²) in [5, 5.41) is 10.5. The van der Waals surface area contributed by atoms with Crippen LogP contribution < -0.4 is 4.90 Å². The Balaban J connectivity index is 1.88. The van der Waals surface area contributed by atoms with E-state index in [-0.39, 0.29) is 5.97 Å². The Labute approximate surface area is 125 Å². The van der Waals surface area contributed by atoms with Crippen molar-refractivity contribution < 1.29 is 9.63 Å². The van der Waals surface area contributed by atoms with E-state index in [9.17, 15) is 4.79 Å². The lowest BCUT2D eigenvalue weighted by Crippen LogP contribution is -2.48. The molecule has 1 fully saturated rings. The molecule has 5 heteroatoms. The third-order valence-electron chi connectivity index (χ3n) is 3.42. The molecule has 0 N–H and O–H groups in total. The van der Waals surface area contributed by atoms with Crippen molar-refractivity contribution in [2.45, 2.75) is 20.8 Å². The van der Waals surface area contributed by atoms with Crippen LogP contribution in [-0.4, -0.2) is 37.2 Å². The molecule has 0 aromatic heterocycles. The zero-order valence-electron chi connectivity index (χ0n) is 12.8. The van der Waals surface area contributed by atoms with Crippen LogP contribution in [0.2, 0.25) is 0 Å². The summed E-state index contributed by atoms with van der Waals surface area (Å²) in [6, 6.07) is 9.66. The highest BCUT2D eigenvalue weighted by Gasteiger charge is 2.27. The van der Waals surface area contributed by atoms with Crippen LogP contribution in [0.4, 0.5) is 5.69 Å². The van der Waals surface area contributed by atoms with Crippen LogP contribution in [0, 0.1) is 16.7 Å². The van der Waals surface area contributed by atoms with Crippen LogP contribution in [0.1, 0.15) is 26.3 Å². The molecule has 1 aliphatic heterocycles. The molecule has 1 aromatic rings. The molecule has 1 saturated heterocycles. The molecule has 0 radical (unpaired) electrons. The lowest BCUT2D eigenvalue weighted by molar-refractivity contribution is -0.201. The maximum atomic E-state index is 11.8. The summed E-state index contributed by atoms with van der Waals surface area (Å²) in [4.78, 5) is 19.5. The lowest BCUT2D eigenvalue weighted by atomic mass is 9.98. The third kappa shape index (κ3) is 3.96. The standard InChI is InChI=1S/C16H21N3O2/c1-16(2,3)15(20)21-19-10-8-18(9-11-19)14-6-4-13(12-17)5-7-14/h4-7H,8-11H2,1-3H3. The number of hydroxylamine groups is 2. The maximum absolute atomic E-state index is 11.8. The van der Waals surface area contributed by atoms with Crippen molar-refractivity contribution in [2.75, 3.05) is 31.1 Å². The minimum absolute atomic E-state index is 0.200. The quantitative estimate of drug-likeness (QED) is 0.834. The van der Waals surface area contributed by atoms with Crippen molar-refractivity contribution in [1.29, 1.82) is 5.26 Å². The van der Waals surface area contributed by atoms with Crippen molar-refractivity contribution in [3.63, 3.8) is 0 Å². The second-order valence-corrected chi connectivity index (χ2v) is 6.20. The van der Waals surface area contributed by atoms with Gasteiger partial charge >= 0.3 is 5.97 Å². The Hall–Kier alpha value is -2.06. The Morgan fingerprint density at radius 1 is 1.14 bits per heavy atom. The lowest BCUT2D eigenvalue weighted by Gasteiger charge is -2.35. The molecule has 1 aromatic carbocycles. The van der Waals surface area contributed by atoms with Crippen LogP contribution in [0.3, 0.4) is 0 Å². The molecule has 112 valence electrons. The highest BCUT2D eigenvalue weighted by Crippen LogP contribution is 2.19. The number of hydrogen-bond donors (Lipinski definition) is 0. The average molecular weight is 287 g/mol. The molecule has 0 bridgehead atoms. The van der Waals surface area contributed by atoms with Crippen LogP contribution >= 0.6 is 0 Å². The summed E-state index contributed by atoms with van der Waals surface area (Å²) in [5.41, 5.74) is 1.27. The van der Waals surface area contributed by atoms with E-state index in [4.69, 9.17) is 10.1 Å². The van der Waals surface area contributed by atoms with Crippen LogP contribution in [0.15, 0.2) is 24.3 Å². The van der Waals surface area contributed by atoms with Gasteiger partial charge in [-0.3, -0.25) is 0 Å². The van der Waals surface area contributed by atoms with Crippen LogP contribution in [-0.2, 0) is 9.63 Å². The topological polar surface area (TPSA) is 56.6 Å². The highest BCUT2D eigenvalue weighted by atomic mass is 16.7. The first-order valence-electron chi connectivity index (χ1n) is 7.12. The smallest absolute Gasteiger partial charge is 0.330 e. The van der Waals surface area contributed by atoms with Crippen LogP contribution in [0.25, 0.3) is 0 Å².